The number of halogens is 4. The van der Waals surface area contributed by atoms with Crippen molar-refractivity contribution in [3.8, 4) is 0 Å². The van der Waals surface area contributed by atoms with E-state index < -0.39 is 9.95 Å². The van der Waals surface area contributed by atoms with E-state index in [1.54, 1.807) is 19.1 Å². The second-order valence-electron chi connectivity index (χ2n) is 3.77. The first kappa shape index (κ1) is 15.2. The standard InChI is InChI=1S/C10H9BrCl2FN3OS/c1-6-15-17(19-10(12,13)14)9(18)16(6)8-4-2-7(11)3-5-8/h2-6,15H,1H3. The van der Waals surface area contributed by atoms with Crippen molar-refractivity contribution in [3.05, 3.63) is 28.7 Å². The summed E-state index contributed by atoms with van der Waals surface area (Å²) in [6, 6.07) is 6.74. The molecule has 1 heterocycles. The molecule has 4 nitrogen and oxygen atoms in total. The maximum absolute atomic E-state index is 13.2. The molecule has 1 N–H and O–H groups in total. The minimum absolute atomic E-state index is 0.336. The molecule has 1 aromatic carbocycles. The van der Waals surface area contributed by atoms with Crippen molar-refractivity contribution in [1.82, 2.24) is 9.84 Å². The Morgan fingerprint density at radius 2 is 2.00 bits per heavy atom. The number of nitrogens with zero attached hydrogens (tertiary/aromatic N) is 2. The van der Waals surface area contributed by atoms with E-state index in [1.165, 1.54) is 4.90 Å². The number of nitrogens with one attached hydrogen (secondary N) is 1. The highest BCUT2D eigenvalue weighted by Gasteiger charge is 2.41. The molecule has 0 radical (unpaired) electrons. The number of urea groups is 1. The quantitative estimate of drug-likeness (QED) is 0.621. The third-order valence-corrected chi connectivity index (χ3v) is 3.96. The Morgan fingerprint density at radius 3 is 2.53 bits per heavy atom. The molecule has 1 unspecified atom stereocenters. The summed E-state index contributed by atoms with van der Waals surface area (Å²) in [6.07, 6.45) is -0.336. The van der Waals surface area contributed by atoms with Crippen LogP contribution in [0.5, 0.6) is 0 Å². The van der Waals surface area contributed by atoms with Crippen molar-refractivity contribution < 1.29 is 9.18 Å². The fourth-order valence-electron chi connectivity index (χ4n) is 1.65. The summed E-state index contributed by atoms with van der Waals surface area (Å²) in [4.78, 5) is 13.6. The van der Waals surface area contributed by atoms with E-state index in [0.717, 1.165) is 8.89 Å². The lowest BCUT2D eigenvalue weighted by atomic mass is 10.3. The maximum atomic E-state index is 13.2. The van der Waals surface area contributed by atoms with Gasteiger partial charge in [-0.2, -0.15) is 14.2 Å². The van der Waals surface area contributed by atoms with Gasteiger partial charge in [0.05, 0.1) is 0 Å². The number of carbonyl (C=O) groups excluding carboxylic acids is 1. The molecule has 0 bridgehead atoms. The average Bonchev–Trinajstić information content (AvgIpc) is 2.54. The van der Waals surface area contributed by atoms with Gasteiger partial charge in [-0.3, -0.25) is 4.90 Å². The van der Waals surface area contributed by atoms with Gasteiger partial charge in [0.1, 0.15) is 6.17 Å². The molecular weight excluding hydrogens is 380 g/mol. The van der Waals surface area contributed by atoms with Crippen LogP contribution in [0.15, 0.2) is 28.7 Å². The molecule has 2 rings (SSSR count). The molecule has 19 heavy (non-hydrogen) atoms. The van der Waals surface area contributed by atoms with Crippen LogP contribution in [0.4, 0.5) is 14.9 Å². The number of alkyl halides is 3. The van der Waals surface area contributed by atoms with Crippen molar-refractivity contribution in [2.45, 2.75) is 17.0 Å². The molecular formula is C10H9BrCl2FN3OS. The average molecular weight is 389 g/mol. The van der Waals surface area contributed by atoms with Crippen LogP contribution in [-0.4, -0.2) is 20.5 Å². The summed E-state index contributed by atoms with van der Waals surface area (Å²) in [6.45, 7) is 1.77. The van der Waals surface area contributed by atoms with Gasteiger partial charge < -0.3 is 0 Å². The predicted molar refractivity (Wildman–Crippen MR) is 79.6 cm³/mol. The monoisotopic (exact) mass is 387 g/mol. The molecule has 1 aromatic rings. The summed E-state index contributed by atoms with van der Waals surface area (Å²) in [5, 5.41) is 0. The third-order valence-electron chi connectivity index (χ3n) is 2.37. The van der Waals surface area contributed by atoms with Crippen LogP contribution in [0.3, 0.4) is 0 Å². The van der Waals surface area contributed by atoms with Gasteiger partial charge in [-0.05, 0) is 31.2 Å². The number of rotatable bonds is 3. The van der Waals surface area contributed by atoms with Crippen LogP contribution < -0.4 is 10.3 Å². The van der Waals surface area contributed by atoms with Gasteiger partial charge in [0.15, 0.2) is 0 Å². The van der Waals surface area contributed by atoms with E-state index in [-0.39, 0.29) is 6.17 Å². The zero-order chi connectivity index (χ0) is 14.2. The molecule has 1 saturated heterocycles. The largest absolute Gasteiger partial charge is 0.350 e. The molecule has 0 saturated carbocycles. The first-order chi connectivity index (χ1) is 8.78. The van der Waals surface area contributed by atoms with Crippen molar-refractivity contribution in [1.29, 1.82) is 0 Å². The van der Waals surface area contributed by atoms with Crippen molar-refractivity contribution >= 4 is 62.8 Å². The van der Waals surface area contributed by atoms with E-state index in [2.05, 4.69) is 21.4 Å². The van der Waals surface area contributed by atoms with Gasteiger partial charge in [0.25, 0.3) is 0 Å². The van der Waals surface area contributed by atoms with Crippen LogP contribution in [0, 0.1) is 0 Å². The topological polar surface area (TPSA) is 35.6 Å². The Balaban J connectivity index is 2.19. The van der Waals surface area contributed by atoms with Gasteiger partial charge in [-0.25, -0.2) is 4.79 Å². The zero-order valence-corrected chi connectivity index (χ0v) is 13.5. The first-order valence-corrected chi connectivity index (χ1v) is 7.51. The summed E-state index contributed by atoms with van der Waals surface area (Å²) >= 11 is 14.2. The molecule has 1 fully saturated rings. The minimum atomic E-state index is -2.57. The van der Waals surface area contributed by atoms with Crippen molar-refractivity contribution in [2.75, 3.05) is 4.90 Å². The lowest BCUT2D eigenvalue weighted by Crippen LogP contribution is -2.34. The Hall–Kier alpha value is -0.210. The van der Waals surface area contributed by atoms with Gasteiger partial charge in [0.2, 0.25) is 0 Å². The number of hydrogen-bond donors (Lipinski definition) is 1. The molecule has 0 spiro atoms. The summed E-state index contributed by atoms with van der Waals surface area (Å²) in [5.41, 5.74) is 3.46. The highest BCUT2D eigenvalue weighted by atomic mass is 79.9. The molecule has 1 aliphatic heterocycles. The molecule has 104 valence electrons. The summed E-state index contributed by atoms with van der Waals surface area (Å²) < 4.78 is 12.5. The van der Waals surface area contributed by atoms with Crippen LogP contribution in [0.25, 0.3) is 0 Å². The van der Waals surface area contributed by atoms with Gasteiger partial charge in [-0.15, -0.1) is 0 Å². The van der Waals surface area contributed by atoms with Crippen LogP contribution in [-0.2, 0) is 0 Å². The first-order valence-electron chi connectivity index (χ1n) is 5.19. The third kappa shape index (κ3) is 3.66. The molecule has 0 aromatic heterocycles. The van der Waals surface area contributed by atoms with Gasteiger partial charge in [0, 0.05) is 22.1 Å². The summed E-state index contributed by atoms with van der Waals surface area (Å²) in [7, 11) is 0. The number of hydrogen-bond acceptors (Lipinski definition) is 3. The molecule has 1 aliphatic rings. The fourth-order valence-corrected chi connectivity index (χ4v) is 2.91. The number of hydrazine groups is 1. The second kappa shape index (κ2) is 5.65. The molecule has 1 atom stereocenters. The van der Waals surface area contributed by atoms with E-state index in [0.29, 0.717) is 17.6 Å². The molecule has 2 amide bonds. The highest BCUT2D eigenvalue weighted by Crippen LogP contribution is 2.40. The minimum Gasteiger partial charge on any atom is -0.275 e. The lowest BCUT2D eigenvalue weighted by molar-refractivity contribution is 0.235. The SMILES string of the molecule is CC1NN(SC(F)(Cl)Cl)C(=O)N1c1ccc(Br)cc1. The van der Waals surface area contributed by atoms with Crippen LogP contribution in [0.2, 0.25) is 0 Å². The van der Waals surface area contributed by atoms with E-state index in [4.69, 9.17) is 23.2 Å². The van der Waals surface area contributed by atoms with Gasteiger partial charge in [-0.1, -0.05) is 39.1 Å². The Kier molecular flexibility index (Phi) is 4.52. The van der Waals surface area contributed by atoms with Crippen molar-refractivity contribution in [2.24, 2.45) is 0 Å². The van der Waals surface area contributed by atoms with E-state index >= 15 is 0 Å². The molecule has 9 heteroatoms. The van der Waals surface area contributed by atoms with Crippen molar-refractivity contribution in [3.63, 3.8) is 0 Å². The lowest BCUT2D eigenvalue weighted by Gasteiger charge is -2.19. The Labute approximate surface area is 132 Å². The zero-order valence-electron chi connectivity index (χ0n) is 9.61. The maximum Gasteiger partial charge on any atom is 0.350 e. The number of benzene rings is 1. The predicted octanol–water partition coefficient (Wildman–Crippen LogP) is 4.25. The number of anilines is 1. The van der Waals surface area contributed by atoms with Crippen LogP contribution in [0.1, 0.15) is 6.92 Å². The normalized spacial score (nSPS) is 20.3. The Morgan fingerprint density at radius 1 is 1.42 bits per heavy atom. The Bertz CT molecular complexity index is 485. The van der Waals surface area contributed by atoms with Gasteiger partial charge >= 0.3 is 9.95 Å². The van der Waals surface area contributed by atoms with E-state index in [9.17, 15) is 9.18 Å². The summed E-state index contributed by atoms with van der Waals surface area (Å²) in [5.74, 6) is 0. The molecule has 0 aliphatic carbocycles. The highest BCUT2D eigenvalue weighted by molar-refractivity contribution is 9.10. The fraction of sp³-hybridized carbons (Fsp3) is 0.300. The van der Waals surface area contributed by atoms with Crippen LogP contribution >= 0.6 is 51.1 Å². The second-order valence-corrected chi connectivity index (χ2v) is 7.47. The number of amides is 2. The smallest absolute Gasteiger partial charge is 0.275 e. The number of carbonyl (C=O) groups is 1. The van der Waals surface area contributed by atoms with E-state index in [1.807, 2.05) is 12.1 Å².